The highest BCUT2D eigenvalue weighted by Crippen LogP contribution is 2.29. The Morgan fingerprint density at radius 3 is 3.00 bits per heavy atom. The van der Waals surface area contributed by atoms with E-state index in [-0.39, 0.29) is 6.73 Å². The maximum atomic E-state index is 9.27. The molecule has 0 radical (unpaired) electrons. The van der Waals surface area contributed by atoms with Crippen molar-refractivity contribution in [2.24, 2.45) is 0 Å². The van der Waals surface area contributed by atoms with Crippen LogP contribution in [0.1, 0.15) is 4.88 Å². The Kier molecular flexibility index (Phi) is 4.14. The molecule has 0 saturated heterocycles. The zero-order valence-corrected chi connectivity index (χ0v) is 12.5. The number of nitrogens with zero attached hydrogens (tertiary/aromatic N) is 4. The predicted octanol–water partition coefficient (Wildman–Crippen LogP) is 2.62. The van der Waals surface area contributed by atoms with Gasteiger partial charge in [-0.2, -0.15) is 4.68 Å². The fourth-order valence-electron chi connectivity index (χ4n) is 1.95. The Hall–Kier alpha value is -1.96. The lowest BCUT2D eigenvalue weighted by molar-refractivity contribution is 0.194. The van der Waals surface area contributed by atoms with Gasteiger partial charge in [-0.15, -0.1) is 16.4 Å². The van der Waals surface area contributed by atoms with Crippen molar-refractivity contribution in [3.8, 4) is 11.4 Å². The number of anilines is 1. The number of aliphatic hydroxyl groups excluding tert-OH is 1. The summed E-state index contributed by atoms with van der Waals surface area (Å²) >= 11 is 7.74. The van der Waals surface area contributed by atoms with Gasteiger partial charge in [0.2, 0.25) is 0 Å². The average molecular weight is 322 g/mol. The zero-order chi connectivity index (χ0) is 14.7. The Labute approximate surface area is 130 Å². The predicted molar refractivity (Wildman–Crippen MR) is 82.1 cm³/mol. The highest BCUT2D eigenvalue weighted by molar-refractivity contribution is 7.09. The summed E-state index contributed by atoms with van der Waals surface area (Å²) in [4.78, 5) is 1.21. The molecule has 6 nitrogen and oxygen atoms in total. The van der Waals surface area contributed by atoms with Crippen LogP contribution in [0.3, 0.4) is 0 Å². The van der Waals surface area contributed by atoms with E-state index in [1.165, 1.54) is 9.56 Å². The second-order valence-corrected chi connectivity index (χ2v) is 5.73. The van der Waals surface area contributed by atoms with E-state index < -0.39 is 0 Å². The molecule has 108 valence electrons. The number of thiophene rings is 1. The topological polar surface area (TPSA) is 75.9 Å². The van der Waals surface area contributed by atoms with Gasteiger partial charge in [0.15, 0.2) is 5.82 Å². The van der Waals surface area contributed by atoms with Gasteiger partial charge in [-0.25, -0.2) is 0 Å². The Balaban J connectivity index is 1.93. The molecular weight excluding hydrogens is 310 g/mol. The summed E-state index contributed by atoms with van der Waals surface area (Å²) in [6.45, 7) is 0.404. The molecule has 0 unspecified atom stereocenters. The van der Waals surface area contributed by atoms with Crippen LogP contribution in [0.15, 0.2) is 35.7 Å². The van der Waals surface area contributed by atoms with Crippen LogP contribution in [0.5, 0.6) is 0 Å². The van der Waals surface area contributed by atoms with E-state index in [9.17, 15) is 5.11 Å². The largest absolute Gasteiger partial charge is 0.380 e. The molecule has 8 heteroatoms. The quantitative estimate of drug-likeness (QED) is 0.755. The van der Waals surface area contributed by atoms with Gasteiger partial charge < -0.3 is 10.4 Å². The second-order valence-electron chi connectivity index (χ2n) is 4.27. The van der Waals surface area contributed by atoms with Crippen LogP contribution in [-0.2, 0) is 13.3 Å². The highest BCUT2D eigenvalue weighted by Gasteiger charge is 2.13. The minimum Gasteiger partial charge on any atom is -0.380 e. The summed E-state index contributed by atoms with van der Waals surface area (Å²) in [5, 5.41) is 26.5. The summed E-state index contributed by atoms with van der Waals surface area (Å²) in [7, 11) is 0. The third-order valence-electron chi connectivity index (χ3n) is 2.92. The molecule has 2 heterocycles. The number of tetrazole rings is 1. The first-order valence-electron chi connectivity index (χ1n) is 6.21. The molecule has 0 aliphatic heterocycles. The van der Waals surface area contributed by atoms with E-state index in [0.717, 1.165) is 11.3 Å². The monoisotopic (exact) mass is 321 g/mol. The Morgan fingerprint density at radius 2 is 2.24 bits per heavy atom. The smallest absolute Gasteiger partial charge is 0.186 e. The fraction of sp³-hybridized carbons (Fsp3) is 0.154. The van der Waals surface area contributed by atoms with Gasteiger partial charge in [0.05, 0.1) is 0 Å². The first-order chi connectivity index (χ1) is 10.3. The molecular formula is C13H12ClN5OS. The summed E-state index contributed by atoms with van der Waals surface area (Å²) in [6.07, 6.45) is 0. The van der Waals surface area contributed by atoms with Crippen molar-refractivity contribution < 1.29 is 5.11 Å². The number of nitrogens with one attached hydrogen (secondary N) is 1. The molecule has 2 aromatic heterocycles. The number of aliphatic hydroxyl groups is 1. The fourth-order valence-corrected chi connectivity index (χ4v) is 2.76. The summed E-state index contributed by atoms with van der Waals surface area (Å²) in [5.74, 6) is 0.489. The van der Waals surface area contributed by atoms with Crippen LogP contribution in [-0.4, -0.2) is 25.3 Å². The van der Waals surface area contributed by atoms with Crippen LogP contribution in [0.25, 0.3) is 11.4 Å². The third-order valence-corrected chi connectivity index (χ3v) is 4.03. The maximum Gasteiger partial charge on any atom is 0.186 e. The number of benzene rings is 1. The summed E-state index contributed by atoms with van der Waals surface area (Å²) in [6, 6.07) is 9.48. The lowest BCUT2D eigenvalue weighted by Crippen LogP contribution is -2.05. The summed E-state index contributed by atoms with van der Waals surface area (Å²) < 4.78 is 1.32. The molecule has 3 rings (SSSR count). The molecule has 0 aliphatic carbocycles. The maximum absolute atomic E-state index is 9.27. The molecule has 3 aromatic rings. The van der Waals surface area contributed by atoms with E-state index in [2.05, 4.69) is 26.9 Å². The molecule has 0 bridgehead atoms. The van der Waals surface area contributed by atoms with Crippen LogP contribution in [0.4, 0.5) is 5.69 Å². The number of halogens is 1. The average Bonchev–Trinajstić information content (AvgIpc) is 3.16. The molecule has 0 spiro atoms. The van der Waals surface area contributed by atoms with Gasteiger partial charge in [-0.1, -0.05) is 17.7 Å². The summed E-state index contributed by atoms with van der Waals surface area (Å²) in [5.41, 5.74) is 1.61. The first-order valence-corrected chi connectivity index (χ1v) is 7.47. The van der Waals surface area contributed by atoms with Gasteiger partial charge in [0.1, 0.15) is 6.73 Å². The normalized spacial score (nSPS) is 10.8. The van der Waals surface area contributed by atoms with Crippen LogP contribution in [0, 0.1) is 0 Å². The van der Waals surface area contributed by atoms with E-state index >= 15 is 0 Å². The van der Waals surface area contributed by atoms with E-state index in [1.54, 1.807) is 17.4 Å². The molecule has 1 aromatic carbocycles. The van der Waals surface area contributed by atoms with E-state index in [0.29, 0.717) is 17.4 Å². The van der Waals surface area contributed by atoms with Crippen molar-refractivity contribution in [2.75, 3.05) is 5.32 Å². The van der Waals surface area contributed by atoms with Crippen molar-refractivity contribution in [3.05, 3.63) is 45.6 Å². The Bertz CT molecular complexity index is 728. The number of hydrogen-bond donors (Lipinski definition) is 2. The van der Waals surface area contributed by atoms with Crippen LogP contribution in [0.2, 0.25) is 5.02 Å². The number of aromatic nitrogens is 4. The van der Waals surface area contributed by atoms with Crippen molar-refractivity contribution in [2.45, 2.75) is 13.3 Å². The molecule has 0 atom stereocenters. The molecule has 21 heavy (non-hydrogen) atoms. The first kappa shape index (κ1) is 14.0. The minimum atomic E-state index is -0.282. The van der Waals surface area contributed by atoms with Crippen molar-refractivity contribution in [3.63, 3.8) is 0 Å². The lowest BCUT2D eigenvalue weighted by atomic mass is 10.1. The second kappa shape index (κ2) is 6.21. The van der Waals surface area contributed by atoms with Crippen molar-refractivity contribution in [1.82, 2.24) is 20.2 Å². The molecule has 2 N–H and O–H groups in total. The van der Waals surface area contributed by atoms with Gasteiger partial charge >= 0.3 is 0 Å². The standard InChI is InChI=1S/C13H12ClN5OS/c14-9-3-4-11(13-16-17-18-19(13)8-20)12(6-9)15-7-10-2-1-5-21-10/h1-6,15,20H,7-8H2. The number of rotatable bonds is 5. The third kappa shape index (κ3) is 3.05. The van der Waals surface area contributed by atoms with Gasteiger partial charge in [-0.05, 0) is 40.1 Å². The molecule has 0 aliphatic rings. The zero-order valence-electron chi connectivity index (χ0n) is 10.9. The highest BCUT2D eigenvalue weighted by atomic mass is 35.5. The lowest BCUT2D eigenvalue weighted by Gasteiger charge is -2.11. The van der Waals surface area contributed by atoms with Crippen molar-refractivity contribution in [1.29, 1.82) is 0 Å². The van der Waals surface area contributed by atoms with E-state index in [4.69, 9.17) is 11.6 Å². The SMILES string of the molecule is OCn1nnnc1-c1ccc(Cl)cc1NCc1cccs1. The van der Waals surface area contributed by atoms with Crippen LogP contribution >= 0.6 is 22.9 Å². The van der Waals surface area contributed by atoms with Gasteiger partial charge in [-0.3, -0.25) is 0 Å². The Morgan fingerprint density at radius 1 is 1.33 bits per heavy atom. The number of hydrogen-bond acceptors (Lipinski definition) is 6. The van der Waals surface area contributed by atoms with E-state index in [1.807, 2.05) is 23.6 Å². The molecule has 0 amide bonds. The molecule has 0 saturated carbocycles. The van der Waals surface area contributed by atoms with Gasteiger partial charge in [0.25, 0.3) is 0 Å². The van der Waals surface area contributed by atoms with Crippen LogP contribution < -0.4 is 5.32 Å². The van der Waals surface area contributed by atoms with Gasteiger partial charge in [0, 0.05) is 27.7 Å². The minimum absolute atomic E-state index is 0.282. The molecule has 0 fully saturated rings. The van der Waals surface area contributed by atoms with Crippen molar-refractivity contribution >= 4 is 28.6 Å².